The minimum atomic E-state index is -4.46. The van der Waals surface area contributed by atoms with E-state index in [1.54, 1.807) is 18.2 Å². The first-order chi connectivity index (χ1) is 10.4. The summed E-state index contributed by atoms with van der Waals surface area (Å²) in [4.78, 5) is 3.86. The molecule has 0 fully saturated rings. The van der Waals surface area contributed by atoms with Crippen LogP contribution in [0.4, 0.5) is 13.2 Å². The first kappa shape index (κ1) is 15.3. The number of hydrogen-bond acceptors (Lipinski definition) is 1. The van der Waals surface area contributed by atoms with Crippen LogP contribution >= 0.6 is 22.6 Å². The molecule has 0 atom stereocenters. The monoisotopic (exact) mass is 413 g/mol. The second kappa shape index (κ2) is 5.87. The standard InChI is InChI=1S/C17H11F3IN/c18-17(19,20)16-13(8-11-4-2-1-3-5-11)9-12-10-14(21)6-7-15(12)22-16/h1-7,9-10H,8H2. The third kappa shape index (κ3) is 3.24. The van der Waals surface area contributed by atoms with Gasteiger partial charge >= 0.3 is 6.18 Å². The van der Waals surface area contributed by atoms with Crippen LogP contribution in [0, 0.1) is 3.57 Å². The molecule has 0 saturated carbocycles. The van der Waals surface area contributed by atoms with Gasteiger partial charge in [0.15, 0.2) is 0 Å². The average molecular weight is 413 g/mol. The summed E-state index contributed by atoms with van der Waals surface area (Å²) < 4.78 is 40.9. The number of alkyl halides is 3. The molecular weight excluding hydrogens is 402 g/mol. The predicted molar refractivity (Wildman–Crippen MR) is 88.7 cm³/mol. The lowest BCUT2D eigenvalue weighted by Crippen LogP contribution is -2.12. The van der Waals surface area contributed by atoms with E-state index in [4.69, 9.17) is 0 Å². The number of halogens is 4. The van der Waals surface area contributed by atoms with E-state index in [1.807, 2.05) is 36.4 Å². The van der Waals surface area contributed by atoms with Crippen molar-refractivity contribution in [2.75, 3.05) is 0 Å². The first-order valence-corrected chi connectivity index (χ1v) is 7.72. The molecule has 0 aliphatic carbocycles. The maximum Gasteiger partial charge on any atom is 0.433 e. The summed E-state index contributed by atoms with van der Waals surface area (Å²) in [5.41, 5.74) is 0.600. The molecule has 0 radical (unpaired) electrons. The van der Waals surface area contributed by atoms with E-state index in [0.29, 0.717) is 5.52 Å². The zero-order valence-electron chi connectivity index (χ0n) is 11.4. The fourth-order valence-electron chi connectivity index (χ4n) is 2.39. The fraction of sp³-hybridized carbons (Fsp3) is 0.118. The highest BCUT2D eigenvalue weighted by molar-refractivity contribution is 14.1. The van der Waals surface area contributed by atoms with E-state index >= 15 is 0 Å². The lowest BCUT2D eigenvalue weighted by molar-refractivity contribution is -0.141. The lowest BCUT2D eigenvalue weighted by Gasteiger charge is -2.13. The number of aromatic nitrogens is 1. The maximum atomic E-state index is 13.3. The molecule has 0 saturated heterocycles. The van der Waals surface area contributed by atoms with Gasteiger partial charge in [0.2, 0.25) is 0 Å². The molecule has 1 aromatic heterocycles. The summed E-state index contributed by atoms with van der Waals surface area (Å²) in [5.74, 6) is 0. The largest absolute Gasteiger partial charge is 0.433 e. The van der Waals surface area contributed by atoms with Gasteiger partial charge in [-0.05, 0) is 64.4 Å². The Balaban J connectivity index is 2.16. The molecule has 0 unspecified atom stereocenters. The van der Waals surface area contributed by atoms with Crippen molar-refractivity contribution < 1.29 is 13.2 Å². The van der Waals surface area contributed by atoms with Crippen LogP contribution in [0.25, 0.3) is 10.9 Å². The molecule has 112 valence electrons. The van der Waals surface area contributed by atoms with Crippen LogP contribution in [0.1, 0.15) is 16.8 Å². The second-order valence-corrected chi connectivity index (χ2v) is 6.24. The van der Waals surface area contributed by atoms with E-state index in [9.17, 15) is 13.2 Å². The number of benzene rings is 2. The number of nitrogens with zero attached hydrogens (tertiary/aromatic N) is 1. The highest BCUT2D eigenvalue weighted by atomic mass is 127. The van der Waals surface area contributed by atoms with E-state index < -0.39 is 11.9 Å². The predicted octanol–water partition coefficient (Wildman–Crippen LogP) is 5.45. The average Bonchev–Trinajstić information content (AvgIpc) is 2.46. The molecular formula is C17H11F3IN. The Labute approximate surface area is 139 Å². The van der Waals surface area contributed by atoms with Crippen LogP contribution in [-0.2, 0) is 12.6 Å². The fourth-order valence-corrected chi connectivity index (χ4v) is 2.90. The molecule has 3 rings (SSSR count). The van der Waals surface area contributed by atoms with Gasteiger partial charge in [0.1, 0.15) is 5.69 Å². The molecule has 5 heteroatoms. The number of pyridine rings is 1. The summed E-state index contributed by atoms with van der Waals surface area (Å²) in [7, 11) is 0. The zero-order valence-corrected chi connectivity index (χ0v) is 13.5. The molecule has 0 aliphatic rings. The number of hydrogen-bond donors (Lipinski definition) is 0. The van der Waals surface area contributed by atoms with E-state index in [2.05, 4.69) is 27.6 Å². The van der Waals surface area contributed by atoms with Crippen molar-refractivity contribution in [2.24, 2.45) is 0 Å². The van der Waals surface area contributed by atoms with Gasteiger partial charge in [0.05, 0.1) is 5.52 Å². The van der Waals surface area contributed by atoms with Crippen molar-refractivity contribution in [1.29, 1.82) is 0 Å². The van der Waals surface area contributed by atoms with Crippen molar-refractivity contribution in [3.05, 3.63) is 75.0 Å². The molecule has 0 amide bonds. The van der Waals surface area contributed by atoms with Crippen molar-refractivity contribution in [3.63, 3.8) is 0 Å². The summed E-state index contributed by atoms with van der Waals surface area (Å²) in [6.45, 7) is 0. The smallest absolute Gasteiger partial charge is 0.243 e. The Morgan fingerprint density at radius 2 is 1.68 bits per heavy atom. The Bertz CT molecular complexity index is 813. The van der Waals surface area contributed by atoms with Crippen LogP contribution in [0.2, 0.25) is 0 Å². The molecule has 1 nitrogen and oxygen atoms in total. The Morgan fingerprint density at radius 3 is 2.36 bits per heavy atom. The molecule has 2 aromatic carbocycles. The highest BCUT2D eigenvalue weighted by Gasteiger charge is 2.35. The van der Waals surface area contributed by atoms with Crippen molar-refractivity contribution >= 4 is 33.5 Å². The van der Waals surface area contributed by atoms with Crippen LogP contribution in [0.15, 0.2) is 54.6 Å². The van der Waals surface area contributed by atoms with Crippen LogP contribution in [0.5, 0.6) is 0 Å². The van der Waals surface area contributed by atoms with Crippen molar-refractivity contribution in [1.82, 2.24) is 4.98 Å². The van der Waals surface area contributed by atoms with Gasteiger partial charge in [-0.2, -0.15) is 13.2 Å². The quantitative estimate of drug-likeness (QED) is 0.510. The minimum absolute atomic E-state index is 0.202. The summed E-state index contributed by atoms with van der Waals surface area (Å²) in [6.07, 6.45) is -4.24. The SMILES string of the molecule is FC(F)(F)c1nc2ccc(I)cc2cc1Cc1ccccc1. The molecule has 22 heavy (non-hydrogen) atoms. The second-order valence-electron chi connectivity index (χ2n) is 4.99. The maximum absolute atomic E-state index is 13.3. The molecule has 0 N–H and O–H groups in total. The van der Waals surface area contributed by atoms with Gasteiger partial charge in [0, 0.05) is 8.96 Å². The molecule has 1 heterocycles. The van der Waals surface area contributed by atoms with Gasteiger partial charge in [-0.15, -0.1) is 0 Å². The minimum Gasteiger partial charge on any atom is -0.243 e. The van der Waals surface area contributed by atoms with Gasteiger partial charge in [0.25, 0.3) is 0 Å². The van der Waals surface area contributed by atoms with E-state index in [0.717, 1.165) is 14.5 Å². The molecule has 0 spiro atoms. The highest BCUT2D eigenvalue weighted by Crippen LogP contribution is 2.33. The summed E-state index contributed by atoms with van der Waals surface area (Å²) >= 11 is 2.14. The topological polar surface area (TPSA) is 12.9 Å². The van der Waals surface area contributed by atoms with Crippen molar-refractivity contribution in [3.8, 4) is 0 Å². The molecule has 0 bridgehead atoms. The lowest BCUT2D eigenvalue weighted by atomic mass is 10.0. The van der Waals surface area contributed by atoms with E-state index in [-0.39, 0.29) is 12.0 Å². The van der Waals surface area contributed by atoms with Gasteiger partial charge < -0.3 is 0 Å². The van der Waals surface area contributed by atoms with Crippen LogP contribution in [-0.4, -0.2) is 4.98 Å². The van der Waals surface area contributed by atoms with Crippen molar-refractivity contribution in [2.45, 2.75) is 12.6 Å². The van der Waals surface area contributed by atoms with Crippen LogP contribution < -0.4 is 0 Å². The molecule has 0 aliphatic heterocycles. The summed E-state index contributed by atoms with van der Waals surface area (Å²) in [6, 6.07) is 15.9. The molecule has 3 aromatic rings. The first-order valence-electron chi connectivity index (χ1n) is 6.64. The normalized spacial score (nSPS) is 11.8. The number of fused-ring (bicyclic) bond motifs is 1. The Morgan fingerprint density at radius 1 is 0.955 bits per heavy atom. The third-order valence-electron chi connectivity index (χ3n) is 3.36. The zero-order chi connectivity index (χ0) is 15.7. The van der Waals surface area contributed by atoms with E-state index in [1.165, 1.54) is 0 Å². The third-order valence-corrected chi connectivity index (χ3v) is 4.03. The van der Waals surface area contributed by atoms with Gasteiger partial charge in [-0.3, -0.25) is 0 Å². The summed E-state index contributed by atoms with van der Waals surface area (Å²) in [5, 5.41) is 0.728. The van der Waals surface area contributed by atoms with Gasteiger partial charge in [-0.1, -0.05) is 30.3 Å². The Kier molecular flexibility index (Phi) is 4.08. The number of rotatable bonds is 2. The Hall–Kier alpha value is -1.63. The van der Waals surface area contributed by atoms with Gasteiger partial charge in [-0.25, -0.2) is 4.98 Å². The van der Waals surface area contributed by atoms with Crippen LogP contribution in [0.3, 0.4) is 0 Å².